The van der Waals surface area contributed by atoms with E-state index < -0.39 is 11.7 Å². The summed E-state index contributed by atoms with van der Waals surface area (Å²) in [6.07, 6.45) is 1.48. The van der Waals surface area contributed by atoms with E-state index in [0.717, 1.165) is 0 Å². The molecule has 4 rings (SSSR count). The van der Waals surface area contributed by atoms with Crippen LogP contribution >= 0.6 is 23.2 Å². The van der Waals surface area contributed by atoms with Gasteiger partial charge in [-0.2, -0.15) is 0 Å². The molecule has 2 heterocycles. The molecule has 0 saturated carbocycles. The van der Waals surface area contributed by atoms with Crippen LogP contribution in [0, 0.1) is 5.82 Å². The highest BCUT2D eigenvalue weighted by Crippen LogP contribution is 2.36. The second-order valence-corrected chi connectivity index (χ2v) is 6.45. The summed E-state index contributed by atoms with van der Waals surface area (Å²) in [6.45, 7) is 0. The number of aromatic nitrogens is 2. The number of benzene rings is 2. The van der Waals surface area contributed by atoms with E-state index in [1.54, 1.807) is 18.2 Å². The Morgan fingerprint density at radius 3 is 2.54 bits per heavy atom. The number of halogens is 3. The Hall–Kier alpha value is -3.16. The number of furan rings is 1. The van der Waals surface area contributed by atoms with Crippen LogP contribution in [0.1, 0.15) is 10.4 Å². The third-order valence-corrected chi connectivity index (χ3v) is 4.44. The first-order chi connectivity index (χ1) is 13.5. The molecule has 4 aromatic rings. The molecule has 140 valence electrons. The lowest BCUT2D eigenvalue weighted by molar-refractivity contribution is 0.102. The number of hydrogen-bond donors (Lipinski definition) is 1. The average molecular weight is 418 g/mol. The van der Waals surface area contributed by atoms with Crippen LogP contribution in [-0.4, -0.2) is 16.1 Å². The smallest absolute Gasteiger partial charge is 0.283 e. The van der Waals surface area contributed by atoms with Crippen LogP contribution in [0.2, 0.25) is 10.0 Å². The summed E-state index contributed by atoms with van der Waals surface area (Å²) in [7, 11) is 0. The number of carbonyl (C=O) groups is 1. The van der Waals surface area contributed by atoms with Crippen molar-refractivity contribution in [3.8, 4) is 23.1 Å². The summed E-state index contributed by atoms with van der Waals surface area (Å²) in [5.41, 5.74) is 0.445. The molecule has 0 unspecified atom stereocenters. The summed E-state index contributed by atoms with van der Waals surface area (Å²) in [4.78, 5) is 12.4. The molecule has 9 heteroatoms. The fourth-order valence-corrected chi connectivity index (χ4v) is 2.99. The van der Waals surface area contributed by atoms with E-state index in [4.69, 9.17) is 32.0 Å². The molecule has 0 aliphatic carbocycles. The molecule has 1 amide bonds. The summed E-state index contributed by atoms with van der Waals surface area (Å²) in [5, 5.41) is 10.8. The number of nitrogens with one attached hydrogen (secondary N) is 1. The average Bonchev–Trinajstić information content (AvgIpc) is 3.35. The molecule has 0 saturated heterocycles. The van der Waals surface area contributed by atoms with E-state index in [1.165, 1.54) is 36.6 Å². The van der Waals surface area contributed by atoms with E-state index in [2.05, 4.69) is 15.5 Å². The van der Waals surface area contributed by atoms with Gasteiger partial charge in [0, 0.05) is 0 Å². The number of carbonyl (C=O) groups excluding carboxylic acids is 1. The van der Waals surface area contributed by atoms with Gasteiger partial charge in [-0.15, -0.1) is 10.2 Å². The van der Waals surface area contributed by atoms with Gasteiger partial charge in [-0.1, -0.05) is 35.3 Å². The van der Waals surface area contributed by atoms with Crippen LogP contribution in [0.4, 0.5) is 10.1 Å². The minimum absolute atomic E-state index is 0.106. The van der Waals surface area contributed by atoms with Gasteiger partial charge in [0.2, 0.25) is 5.89 Å². The third kappa shape index (κ3) is 3.49. The van der Waals surface area contributed by atoms with E-state index in [9.17, 15) is 9.18 Å². The van der Waals surface area contributed by atoms with Gasteiger partial charge >= 0.3 is 0 Å². The van der Waals surface area contributed by atoms with E-state index in [-0.39, 0.29) is 33.1 Å². The maximum Gasteiger partial charge on any atom is 0.283 e. The Kier molecular flexibility index (Phi) is 4.85. The number of hydrogen-bond acceptors (Lipinski definition) is 5. The van der Waals surface area contributed by atoms with Crippen LogP contribution in [0.15, 0.2) is 63.6 Å². The molecule has 0 aliphatic rings. The first kappa shape index (κ1) is 18.2. The second kappa shape index (κ2) is 7.46. The molecule has 0 fully saturated rings. The van der Waals surface area contributed by atoms with Crippen LogP contribution in [0.25, 0.3) is 23.1 Å². The van der Waals surface area contributed by atoms with Crippen molar-refractivity contribution >= 4 is 34.8 Å². The molecule has 2 aromatic heterocycles. The standard InChI is InChI=1S/C19H10Cl2FN3O3/c20-12-9-13(21)15(23-17(26)10-4-1-2-5-14(10)22)8-11(12)18-24-25-19(28-18)16-6-3-7-27-16/h1-9H,(H,23,26). The summed E-state index contributed by atoms with van der Waals surface area (Å²) in [5.74, 6) is -0.630. The zero-order chi connectivity index (χ0) is 19.7. The predicted molar refractivity (Wildman–Crippen MR) is 102 cm³/mol. The Morgan fingerprint density at radius 2 is 1.79 bits per heavy atom. The topological polar surface area (TPSA) is 81.2 Å². The Balaban J connectivity index is 1.67. The zero-order valence-electron chi connectivity index (χ0n) is 13.9. The van der Waals surface area contributed by atoms with Crippen molar-refractivity contribution in [2.24, 2.45) is 0 Å². The van der Waals surface area contributed by atoms with E-state index >= 15 is 0 Å². The molecule has 0 bridgehead atoms. The molecular weight excluding hydrogens is 408 g/mol. The van der Waals surface area contributed by atoms with Gasteiger partial charge in [0.05, 0.1) is 33.1 Å². The lowest BCUT2D eigenvalue weighted by Gasteiger charge is -2.10. The molecule has 0 radical (unpaired) electrons. The molecule has 28 heavy (non-hydrogen) atoms. The van der Waals surface area contributed by atoms with Crippen LogP contribution in [0.5, 0.6) is 0 Å². The lowest BCUT2D eigenvalue weighted by Crippen LogP contribution is -2.14. The summed E-state index contributed by atoms with van der Waals surface area (Å²) >= 11 is 12.4. The molecular formula is C19H10Cl2FN3O3. The van der Waals surface area contributed by atoms with Crippen LogP contribution in [0.3, 0.4) is 0 Å². The van der Waals surface area contributed by atoms with Gasteiger partial charge in [-0.05, 0) is 36.4 Å². The van der Waals surface area contributed by atoms with Gasteiger partial charge in [-0.3, -0.25) is 4.79 Å². The van der Waals surface area contributed by atoms with Crippen molar-refractivity contribution in [1.29, 1.82) is 0 Å². The minimum Gasteiger partial charge on any atom is -0.459 e. The fraction of sp³-hybridized carbons (Fsp3) is 0. The van der Waals surface area contributed by atoms with Crippen molar-refractivity contribution in [1.82, 2.24) is 10.2 Å². The highest BCUT2D eigenvalue weighted by molar-refractivity contribution is 6.38. The van der Waals surface area contributed by atoms with Crippen molar-refractivity contribution in [2.75, 3.05) is 5.32 Å². The Morgan fingerprint density at radius 1 is 1.00 bits per heavy atom. The SMILES string of the molecule is O=C(Nc1cc(-c2nnc(-c3ccco3)o2)c(Cl)cc1Cl)c1ccccc1F. The van der Waals surface area contributed by atoms with Gasteiger partial charge in [-0.25, -0.2) is 4.39 Å². The quantitative estimate of drug-likeness (QED) is 0.460. The number of amides is 1. The van der Waals surface area contributed by atoms with E-state index in [0.29, 0.717) is 11.3 Å². The van der Waals surface area contributed by atoms with E-state index in [1.807, 2.05) is 0 Å². The molecule has 0 aliphatic heterocycles. The maximum atomic E-state index is 13.8. The van der Waals surface area contributed by atoms with Crippen molar-refractivity contribution in [3.63, 3.8) is 0 Å². The molecule has 0 spiro atoms. The highest BCUT2D eigenvalue weighted by atomic mass is 35.5. The molecule has 1 N–H and O–H groups in total. The van der Waals surface area contributed by atoms with Crippen molar-refractivity contribution in [2.45, 2.75) is 0 Å². The predicted octanol–water partition coefficient (Wildman–Crippen LogP) is 5.69. The van der Waals surface area contributed by atoms with Crippen LogP contribution in [-0.2, 0) is 0 Å². The molecule has 0 atom stereocenters. The van der Waals surface area contributed by atoms with Crippen molar-refractivity contribution in [3.05, 3.63) is 76.2 Å². The molecule has 6 nitrogen and oxygen atoms in total. The van der Waals surface area contributed by atoms with Gasteiger partial charge in [0.15, 0.2) is 5.76 Å². The third-order valence-electron chi connectivity index (χ3n) is 3.81. The number of nitrogens with zero attached hydrogens (tertiary/aromatic N) is 2. The number of rotatable bonds is 4. The van der Waals surface area contributed by atoms with Crippen LogP contribution < -0.4 is 5.32 Å². The normalized spacial score (nSPS) is 10.8. The van der Waals surface area contributed by atoms with Gasteiger partial charge in [0.1, 0.15) is 5.82 Å². The maximum absolute atomic E-state index is 13.8. The second-order valence-electron chi connectivity index (χ2n) is 5.64. The summed E-state index contributed by atoms with van der Waals surface area (Å²) in [6, 6.07) is 11.9. The Bertz CT molecular complexity index is 1160. The monoisotopic (exact) mass is 417 g/mol. The first-order valence-electron chi connectivity index (χ1n) is 7.95. The lowest BCUT2D eigenvalue weighted by atomic mass is 10.1. The summed E-state index contributed by atoms with van der Waals surface area (Å²) < 4.78 is 24.6. The highest BCUT2D eigenvalue weighted by Gasteiger charge is 2.19. The molecule has 2 aromatic carbocycles. The largest absolute Gasteiger partial charge is 0.459 e. The van der Waals surface area contributed by atoms with Gasteiger partial charge in [0.25, 0.3) is 11.8 Å². The van der Waals surface area contributed by atoms with Gasteiger partial charge < -0.3 is 14.2 Å². The number of anilines is 1. The zero-order valence-corrected chi connectivity index (χ0v) is 15.5. The Labute approximate surface area is 167 Å². The first-order valence-corrected chi connectivity index (χ1v) is 8.71. The fourth-order valence-electron chi connectivity index (χ4n) is 2.48. The minimum atomic E-state index is -0.657. The van der Waals surface area contributed by atoms with Crippen molar-refractivity contribution < 1.29 is 18.0 Å².